The van der Waals surface area contributed by atoms with Crippen LogP contribution >= 0.6 is 35.6 Å². The highest BCUT2D eigenvalue weighted by Crippen LogP contribution is 2.32. The average Bonchev–Trinajstić information content (AvgIpc) is 2.57. The minimum absolute atomic E-state index is 0.00757. The third-order valence-corrected chi connectivity index (χ3v) is 4.08. The minimum atomic E-state index is -0.00757. The summed E-state index contributed by atoms with van der Waals surface area (Å²) in [6, 6.07) is 7.41. The Balaban J connectivity index is 2.25. The van der Waals surface area contributed by atoms with E-state index in [4.69, 9.17) is 23.8 Å². The third kappa shape index (κ3) is 2.94. The number of rotatable bonds is 3. The first-order valence-corrected chi connectivity index (χ1v) is 7.23. The monoisotopic (exact) mass is 297 g/mol. The van der Waals surface area contributed by atoms with E-state index < -0.39 is 0 Å². The second kappa shape index (κ2) is 5.87. The Morgan fingerprint density at radius 3 is 2.94 bits per heavy atom. The molecule has 2 rings (SSSR count). The molecular weight excluding hydrogens is 286 g/mol. The van der Waals surface area contributed by atoms with Crippen LogP contribution in [0.3, 0.4) is 0 Å². The minimum Gasteiger partial charge on any atom is -0.293 e. The van der Waals surface area contributed by atoms with E-state index in [0.29, 0.717) is 20.8 Å². The summed E-state index contributed by atoms with van der Waals surface area (Å²) >= 11 is 12.5. The molecule has 18 heavy (non-hydrogen) atoms. The standard InChI is InChI=1S/C13H12ClNOS2/c1-2-6-15-12(16)11(18-13(15)17)8-9-4-3-5-10(14)7-9/h3-5,7-8H,2,6H2,1H3. The predicted molar refractivity (Wildman–Crippen MR) is 81.6 cm³/mol. The summed E-state index contributed by atoms with van der Waals surface area (Å²) in [5.74, 6) is -0.00757. The third-order valence-electron chi connectivity index (χ3n) is 2.47. The van der Waals surface area contributed by atoms with Gasteiger partial charge in [0.15, 0.2) is 0 Å². The summed E-state index contributed by atoms with van der Waals surface area (Å²) in [4.78, 5) is 14.4. The van der Waals surface area contributed by atoms with Gasteiger partial charge >= 0.3 is 0 Å². The van der Waals surface area contributed by atoms with Gasteiger partial charge in [0.25, 0.3) is 5.91 Å². The highest BCUT2D eigenvalue weighted by molar-refractivity contribution is 8.26. The lowest BCUT2D eigenvalue weighted by Crippen LogP contribution is -2.28. The maximum absolute atomic E-state index is 12.1. The van der Waals surface area contributed by atoms with Crippen LogP contribution in [0.5, 0.6) is 0 Å². The molecule has 0 N–H and O–H groups in total. The van der Waals surface area contributed by atoms with E-state index in [1.807, 2.05) is 31.2 Å². The quantitative estimate of drug-likeness (QED) is 0.622. The maximum Gasteiger partial charge on any atom is 0.266 e. The maximum atomic E-state index is 12.1. The number of carbonyl (C=O) groups is 1. The molecule has 94 valence electrons. The Bertz CT molecular complexity index is 527. The number of halogens is 1. The average molecular weight is 298 g/mol. The summed E-state index contributed by atoms with van der Waals surface area (Å²) in [5.41, 5.74) is 0.916. The Hall–Kier alpha value is -0.840. The van der Waals surface area contributed by atoms with Gasteiger partial charge in [-0.3, -0.25) is 9.69 Å². The van der Waals surface area contributed by atoms with Crippen molar-refractivity contribution in [3.05, 3.63) is 39.8 Å². The molecule has 1 saturated heterocycles. The van der Waals surface area contributed by atoms with Crippen molar-refractivity contribution in [3.8, 4) is 0 Å². The van der Waals surface area contributed by atoms with E-state index >= 15 is 0 Å². The molecule has 0 spiro atoms. The molecule has 0 aliphatic carbocycles. The van der Waals surface area contributed by atoms with E-state index in [2.05, 4.69) is 0 Å². The topological polar surface area (TPSA) is 20.3 Å². The highest BCUT2D eigenvalue weighted by Gasteiger charge is 2.30. The van der Waals surface area contributed by atoms with Gasteiger partial charge in [-0.2, -0.15) is 0 Å². The Morgan fingerprint density at radius 1 is 1.50 bits per heavy atom. The Morgan fingerprint density at radius 2 is 2.28 bits per heavy atom. The summed E-state index contributed by atoms with van der Waals surface area (Å²) in [6.45, 7) is 2.71. The van der Waals surface area contributed by atoms with Crippen molar-refractivity contribution in [2.45, 2.75) is 13.3 Å². The van der Waals surface area contributed by atoms with Crippen LogP contribution in [0.4, 0.5) is 0 Å². The molecular formula is C13H12ClNOS2. The zero-order chi connectivity index (χ0) is 13.1. The number of hydrogen-bond donors (Lipinski definition) is 0. The first-order chi connectivity index (χ1) is 8.61. The van der Waals surface area contributed by atoms with Crippen LogP contribution in [-0.2, 0) is 4.79 Å². The number of benzene rings is 1. The molecule has 0 saturated carbocycles. The van der Waals surface area contributed by atoms with E-state index in [9.17, 15) is 4.79 Å². The van der Waals surface area contributed by atoms with E-state index in [1.165, 1.54) is 11.8 Å². The van der Waals surface area contributed by atoms with Crippen molar-refractivity contribution in [2.24, 2.45) is 0 Å². The first kappa shape index (κ1) is 13.6. The van der Waals surface area contributed by atoms with Crippen molar-refractivity contribution in [2.75, 3.05) is 6.54 Å². The van der Waals surface area contributed by atoms with Crippen molar-refractivity contribution in [3.63, 3.8) is 0 Å². The molecule has 0 aromatic heterocycles. The lowest BCUT2D eigenvalue weighted by Gasteiger charge is -2.11. The molecule has 5 heteroatoms. The largest absolute Gasteiger partial charge is 0.293 e. The smallest absolute Gasteiger partial charge is 0.266 e. The summed E-state index contributed by atoms with van der Waals surface area (Å²) in [5, 5.41) is 0.660. The second-order valence-electron chi connectivity index (χ2n) is 3.89. The van der Waals surface area contributed by atoms with E-state index in [0.717, 1.165) is 12.0 Å². The summed E-state index contributed by atoms with van der Waals surface area (Å²) < 4.78 is 0.634. The molecule has 2 nitrogen and oxygen atoms in total. The predicted octanol–water partition coefficient (Wildman–Crippen LogP) is 3.95. The molecule has 1 aromatic carbocycles. The number of amides is 1. The van der Waals surface area contributed by atoms with Crippen molar-refractivity contribution in [1.29, 1.82) is 0 Å². The number of hydrogen-bond acceptors (Lipinski definition) is 3. The van der Waals surface area contributed by atoms with Crippen LogP contribution < -0.4 is 0 Å². The molecule has 0 unspecified atom stereocenters. The van der Waals surface area contributed by atoms with Crippen molar-refractivity contribution < 1.29 is 4.79 Å². The van der Waals surface area contributed by atoms with Crippen LogP contribution in [0.1, 0.15) is 18.9 Å². The normalized spacial score (nSPS) is 17.9. The zero-order valence-corrected chi connectivity index (χ0v) is 12.2. The van der Waals surface area contributed by atoms with Gasteiger partial charge in [0, 0.05) is 11.6 Å². The molecule has 0 radical (unpaired) electrons. The van der Waals surface area contributed by atoms with E-state index in [-0.39, 0.29) is 5.91 Å². The van der Waals surface area contributed by atoms with Crippen LogP contribution in [0, 0.1) is 0 Å². The van der Waals surface area contributed by atoms with Gasteiger partial charge in [-0.25, -0.2) is 0 Å². The van der Waals surface area contributed by atoms with Gasteiger partial charge in [-0.15, -0.1) is 0 Å². The molecule has 1 heterocycles. The lowest BCUT2D eigenvalue weighted by atomic mass is 10.2. The van der Waals surface area contributed by atoms with Gasteiger partial charge in [0.05, 0.1) is 4.91 Å². The molecule has 1 aromatic rings. The first-order valence-electron chi connectivity index (χ1n) is 5.62. The van der Waals surface area contributed by atoms with Crippen molar-refractivity contribution >= 4 is 51.9 Å². The van der Waals surface area contributed by atoms with Crippen molar-refractivity contribution in [1.82, 2.24) is 4.90 Å². The lowest BCUT2D eigenvalue weighted by molar-refractivity contribution is -0.122. The Kier molecular flexibility index (Phi) is 4.43. The van der Waals surface area contributed by atoms with Gasteiger partial charge in [0.1, 0.15) is 4.32 Å². The molecule has 1 amide bonds. The fourth-order valence-corrected chi connectivity index (χ4v) is 3.17. The molecule has 0 atom stereocenters. The van der Waals surface area contributed by atoms with Crippen LogP contribution in [0.25, 0.3) is 6.08 Å². The summed E-state index contributed by atoms with van der Waals surface area (Å²) in [7, 11) is 0. The van der Waals surface area contributed by atoms with Gasteiger partial charge in [-0.1, -0.05) is 54.6 Å². The summed E-state index contributed by atoms with van der Waals surface area (Å²) in [6.07, 6.45) is 2.73. The zero-order valence-electron chi connectivity index (χ0n) is 9.85. The van der Waals surface area contributed by atoms with E-state index in [1.54, 1.807) is 11.0 Å². The number of nitrogens with zero attached hydrogens (tertiary/aromatic N) is 1. The number of thiocarbonyl (C=S) groups is 1. The fraction of sp³-hybridized carbons (Fsp3) is 0.231. The van der Waals surface area contributed by atoms with Crippen LogP contribution in [0.15, 0.2) is 29.2 Å². The number of carbonyl (C=O) groups excluding carboxylic acids is 1. The van der Waals surface area contributed by atoms with Gasteiger partial charge in [0.2, 0.25) is 0 Å². The SMILES string of the molecule is CCCN1C(=O)C(=Cc2cccc(Cl)c2)SC1=S. The Labute approximate surface area is 121 Å². The van der Waals surface area contributed by atoms with Gasteiger partial charge < -0.3 is 0 Å². The highest BCUT2D eigenvalue weighted by atomic mass is 35.5. The second-order valence-corrected chi connectivity index (χ2v) is 6.00. The molecule has 1 aliphatic rings. The van der Waals surface area contributed by atoms with Gasteiger partial charge in [-0.05, 0) is 30.2 Å². The van der Waals surface area contributed by atoms with Crippen LogP contribution in [0.2, 0.25) is 5.02 Å². The molecule has 1 fully saturated rings. The number of thioether (sulfide) groups is 1. The molecule has 0 bridgehead atoms. The molecule has 1 aliphatic heterocycles. The fourth-order valence-electron chi connectivity index (χ4n) is 1.66. The van der Waals surface area contributed by atoms with Crippen LogP contribution in [-0.4, -0.2) is 21.7 Å².